The lowest BCUT2D eigenvalue weighted by Crippen LogP contribution is -1.96. The van der Waals surface area contributed by atoms with E-state index in [1.165, 1.54) is 44.1 Å². The predicted octanol–water partition coefficient (Wildman–Crippen LogP) is 8.25. The number of fused-ring (bicyclic) bond motifs is 15. The summed E-state index contributed by atoms with van der Waals surface area (Å²) in [6.07, 6.45) is 4.67. The van der Waals surface area contributed by atoms with Gasteiger partial charge in [-0.05, 0) is 89.3 Å². The number of para-hydroxylation sites is 1. The van der Waals surface area contributed by atoms with E-state index in [0.29, 0.717) is 0 Å². The van der Waals surface area contributed by atoms with E-state index < -0.39 is 0 Å². The molecule has 9 aromatic rings. The molecule has 5 aromatic heterocycles. The van der Waals surface area contributed by atoms with Crippen molar-refractivity contribution in [2.75, 3.05) is 0 Å². The van der Waals surface area contributed by atoms with Gasteiger partial charge in [-0.3, -0.25) is 9.38 Å². The highest BCUT2D eigenvalue weighted by atomic mass is 15.1. The van der Waals surface area contributed by atoms with E-state index in [-0.39, 0.29) is 0 Å². The second-order valence-corrected chi connectivity index (χ2v) is 10.9. The van der Waals surface area contributed by atoms with Gasteiger partial charge in [-0.15, -0.1) is 0 Å². The maximum absolute atomic E-state index is 5.10. The molecule has 0 N–H and O–H groups in total. The van der Waals surface area contributed by atoms with E-state index in [1.54, 1.807) is 0 Å². The molecule has 0 bridgehead atoms. The summed E-state index contributed by atoms with van der Waals surface area (Å²) in [5.74, 6) is 0. The van der Waals surface area contributed by atoms with Gasteiger partial charge in [0.25, 0.3) is 0 Å². The van der Waals surface area contributed by atoms with Crippen LogP contribution >= 0.6 is 0 Å². The van der Waals surface area contributed by atoms with Gasteiger partial charge in [0, 0.05) is 39.6 Å². The third kappa shape index (κ3) is 2.68. The first-order valence-corrected chi connectivity index (χ1v) is 13.9. The summed E-state index contributed by atoms with van der Waals surface area (Å²) in [7, 11) is 0. The molecular formula is C36H21N5. The van der Waals surface area contributed by atoms with Crippen LogP contribution < -0.4 is 0 Å². The summed E-state index contributed by atoms with van der Waals surface area (Å²) in [6, 6.07) is 36.9. The van der Waals surface area contributed by atoms with E-state index in [4.69, 9.17) is 15.0 Å². The lowest BCUT2D eigenvalue weighted by molar-refractivity contribution is 1.18. The van der Waals surface area contributed by atoms with Crippen LogP contribution in [0, 0.1) is 0 Å². The van der Waals surface area contributed by atoms with Crippen molar-refractivity contribution < 1.29 is 0 Å². The minimum atomic E-state index is 0.852. The van der Waals surface area contributed by atoms with Crippen molar-refractivity contribution in [1.82, 2.24) is 23.9 Å². The van der Waals surface area contributed by atoms with E-state index in [2.05, 4.69) is 93.9 Å². The summed E-state index contributed by atoms with van der Waals surface area (Å²) in [5.41, 5.74) is 13.6. The Bertz CT molecular complexity index is 2550. The molecule has 0 spiro atoms. The van der Waals surface area contributed by atoms with Gasteiger partial charge >= 0.3 is 0 Å². The standard InChI is InChI=1S/C36H21N5/c1-2-9-23(10-3-1)40-29-15-14-25-33(32(29)27-19-22-18-21-8-4-5-11-24(21)26(22)20-31(27)40)34-30(13-7-16-37-34)41-35(25)39-28-12-6-17-38-36(28)41/h1-17,19-20H,18H2. The molecule has 0 aliphatic heterocycles. The van der Waals surface area contributed by atoms with Gasteiger partial charge in [0.15, 0.2) is 5.65 Å². The molecule has 0 amide bonds. The highest BCUT2D eigenvalue weighted by Crippen LogP contribution is 2.45. The third-order valence-electron chi connectivity index (χ3n) is 8.78. The zero-order valence-electron chi connectivity index (χ0n) is 21.9. The molecule has 1 aliphatic rings. The molecule has 5 heterocycles. The zero-order valence-corrected chi connectivity index (χ0v) is 21.9. The van der Waals surface area contributed by atoms with Gasteiger partial charge in [-0.1, -0.05) is 42.5 Å². The smallest absolute Gasteiger partial charge is 0.165 e. The van der Waals surface area contributed by atoms with Crippen molar-refractivity contribution in [3.63, 3.8) is 0 Å². The van der Waals surface area contributed by atoms with Gasteiger partial charge in [-0.2, -0.15) is 0 Å². The fraction of sp³-hybridized carbons (Fsp3) is 0.0278. The lowest BCUT2D eigenvalue weighted by Gasteiger charge is -2.11. The number of imidazole rings is 1. The summed E-state index contributed by atoms with van der Waals surface area (Å²) >= 11 is 0. The minimum absolute atomic E-state index is 0.852. The van der Waals surface area contributed by atoms with Gasteiger partial charge in [-0.25, -0.2) is 9.97 Å². The Kier molecular flexibility index (Phi) is 3.92. The summed E-state index contributed by atoms with van der Waals surface area (Å²) in [6.45, 7) is 0. The first-order valence-electron chi connectivity index (χ1n) is 13.9. The Balaban J connectivity index is 1.47. The maximum Gasteiger partial charge on any atom is 0.165 e. The third-order valence-corrected chi connectivity index (χ3v) is 8.78. The molecule has 10 rings (SSSR count). The van der Waals surface area contributed by atoms with Crippen LogP contribution in [0.3, 0.4) is 0 Å². The van der Waals surface area contributed by atoms with E-state index in [0.717, 1.165) is 50.7 Å². The molecule has 5 nitrogen and oxygen atoms in total. The molecule has 0 unspecified atom stereocenters. The molecule has 0 radical (unpaired) electrons. The van der Waals surface area contributed by atoms with Gasteiger partial charge < -0.3 is 4.57 Å². The number of hydrogen-bond donors (Lipinski definition) is 0. The zero-order chi connectivity index (χ0) is 26.7. The van der Waals surface area contributed by atoms with Gasteiger partial charge in [0.2, 0.25) is 0 Å². The van der Waals surface area contributed by atoms with E-state index >= 15 is 0 Å². The van der Waals surface area contributed by atoms with Crippen LogP contribution in [0.2, 0.25) is 0 Å². The first-order chi connectivity index (χ1) is 20.3. The number of nitrogens with zero attached hydrogens (tertiary/aromatic N) is 5. The molecule has 5 heteroatoms. The topological polar surface area (TPSA) is 48.0 Å². The van der Waals surface area contributed by atoms with Crippen molar-refractivity contribution >= 4 is 60.4 Å². The maximum atomic E-state index is 5.10. The summed E-state index contributed by atoms with van der Waals surface area (Å²) < 4.78 is 4.57. The second-order valence-electron chi connectivity index (χ2n) is 10.9. The quantitative estimate of drug-likeness (QED) is 0.204. The molecule has 41 heavy (non-hydrogen) atoms. The van der Waals surface area contributed by atoms with E-state index in [9.17, 15) is 0 Å². The van der Waals surface area contributed by atoms with Crippen molar-refractivity contribution in [1.29, 1.82) is 0 Å². The minimum Gasteiger partial charge on any atom is -0.309 e. The van der Waals surface area contributed by atoms with Crippen molar-refractivity contribution in [3.05, 3.63) is 127 Å². The Hall–Kier alpha value is -5.55. The first kappa shape index (κ1) is 21.3. The average Bonchev–Trinajstić information content (AvgIpc) is 3.69. The molecule has 0 saturated carbocycles. The molecule has 190 valence electrons. The molecule has 0 fully saturated rings. The van der Waals surface area contributed by atoms with Crippen LogP contribution in [0.25, 0.3) is 77.2 Å². The largest absolute Gasteiger partial charge is 0.309 e. The highest BCUT2D eigenvalue weighted by molar-refractivity contribution is 6.30. The molecule has 1 aliphatic carbocycles. The Morgan fingerprint density at radius 1 is 0.561 bits per heavy atom. The fourth-order valence-corrected chi connectivity index (χ4v) is 7.12. The predicted molar refractivity (Wildman–Crippen MR) is 166 cm³/mol. The molecular weight excluding hydrogens is 502 g/mol. The van der Waals surface area contributed by atoms with Crippen LogP contribution in [-0.2, 0) is 6.42 Å². The van der Waals surface area contributed by atoms with Crippen LogP contribution in [0.15, 0.2) is 116 Å². The van der Waals surface area contributed by atoms with Crippen molar-refractivity contribution in [2.24, 2.45) is 0 Å². The Morgan fingerprint density at radius 2 is 1.41 bits per heavy atom. The summed E-state index contributed by atoms with van der Waals surface area (Å²) in [4.78, 5) is 14.8. The number of pyridine rings is 3. The lowest BCUT2D eigenvalue weighted by atomic mass is 9.99. The van der Waals surface area contributed by atoms with Gasteiger partial charge in [0.1, 0.15) is 11.2 Å². The Morgan fingerprint density at radius 3 is 2.37 bits per heavy atom. The molecule has 0 atom stereocenters. The SMILES string of the molecule is c1ccc(-n2c3cc4c(cc3c3c5c(ccc32)c2nc3cccnc3n2c2cccnc52)Cc2ccccc2-4)cc1. The average molecular weight is 524 g/mol. The van der Waals surface area contributed by atoms with Crippen LogP contribution in [-0.4, -0.2) is 23.9 Å². The second kappa shape index (κ2) is 7.55. The normalized spacial score (nSPS) is 12.8. The molecule has 0 saturated heterocycles. The number of benzene rings is 4. The fourth-order valence-electron chi connectivity index (χ4n) is 7.12. The van der Waals surface area contributed by atoms with E-state index in [1.807, 2.05) is 30.6 Å². The van der Waals surface area contributed by atoms with Crippen molar-refractivity contribution in [2.45, 2.75) is 6.42 Å². The van der Waals surface area contributed by atoms with Gasteiger partial charge in [0.05, 0.1) is 22.1 Å². The van der Waals surface area contributed by atoms with Crippen molar-refractivity contribution in [3.8, 4) is 16.8 Å². The van der Waals surface area contributed by atoms with Crippen LogP contribution in [0.1, 0.15) is 11.1 Å². The summed E-state index contributed by atoms with van der Waals surface area (Å²) in [5, 5.41) is 4.67. The monoisotopic (exact) mass is 523 g/mol. The highest BCUT2D eigenvalue weighted by Gasteiger charge is 2.25. The van der Waals surface area contributed by atoms with Crippen LogP contribution in [0.4, 0.5) is 0 Å². The number of aromatic nitrogens is 5. The number of hydrogen-bond acceptors (Lipinski definition) is 3. The number of rotatable bonds is 1. The Labute approximate surface area is 234 Å². The van der Waals surface area contributed by atoms with Crippen LogP contribution in [0.5, 0.6) is 0 Å². The molecule has 4 aromatic carbocycles.